The number of carbonyl (C=O) groups excluding carboxylic acids is 1. The summed E-state index contributed by atoms with van der Waals surface area (Å²) >= 11 is 0. The predicted molar refractivity (Wildman–Crippen MR) is 64.5 cm³/mol. The highest BCUT2D eigenvalue weighted by atomic mass is 16.5. The number of hydrogen-bond acceptors (Lipinski definition) is 3. The van der Waals surface area contributed by atoms with Crippen molar-refractivity contribution in [2.24, 2.45) is 11.8 Å². The fourth-order valence-electron chi connectivity index (χ4n) is 2.91. The molecule has 17 heavy (non-hydrogen) atoms. The van der Waals surface area contributed by atoms with Gasteiger partial charge >= 0.3 is 0 Å². The summed E-state index contributed by atoms with van der Waals surface area (Å²) in [6.45, 7) is 6.14. The first-order chi connectivity index (χ1) is 8.09. The Balaban J connectivity index is 2.01. The highest BCUT2D eigenvalue weighted by Crippen LogP contribution is 2.28. The quantitative estimate of drug-likeness (QED) is 0.785. The molecule has 2 fully saturated rings. The lowest BCUT2D eigenvalue weighted by molar-refractivity contribution is -0.140. The molecule has 2 heterocycles. The topological polar surface area (TPSA) is 49.8 Å². The largest absolute Gasteiger partial charge is 0.391 e. The van der Waals surface area contributed by atoms with Crippen molar-refractivity contribution in [2.75, 3.05) is 19.8 Å². The molecular weight excluding hydrogens is 218 g/mol. The summed E-state index contributed by atoms with van der Waals surface area (Å²) in [7, 11) is 0. The van der Waals surface area contributed by atoms with Gasteiger partial charge in [-0.15, -0.1) is 0 Å². The fourth-order valence-corrected chi connectivity index (χ4v) is 2.91. The number of β-amino-alcohol motifs (C(OH)–C–C–N with tert-alkyl or cyclic N) is 1. The van der Waals surface area contributed by atoms with Crippen LogP contribution in [0.4, 0.5) is 0 Å². The number of aliphatic hydroxyl groups is 1. The van der Waals surface area contributed by atoms with Crippen molar-refractivity contribution in [1.29, 1.82) is 0 Å². The number of rotatable bonds is 2. The molecule has 0 radical (unpaired) electrons. The molecule has 98 valence electrons. The van der Waals surface area contributed by atoms with Crippen LogP contribution in [-0.2, 0) is 9.53 Å². The van der Waals surface area contributed by atoms with Crippen LogP contribution in [0.15, 0.2) is 0 Å². The Hall–Kier alpha value is -0.610. The maximum Gasteiger partial charge on any atom is 0.226 e. The minimum Gasteiger partial charge on any atom is -0.391 e. The molecule has 0 bridgehead atoms. The molecule has 2 aliphatic heterocycles. The summed E-state index contributed by atoms with van der Waals surface area (Å²) in [4.78, 5) is 14.3. The average molecular weight is 241 g/mol. The van der Waals surface area contributed by atoms with E-state index >= 15 is 0 Å². The number of amides is 1. The first kappa shape index (κ1) is 12.8. The summed E-state index contributed by atoms with van der Waals surface area (Å²) < 4.78 is 5.29. The van der Waals surface area contributed by atoms with Crippen LogP contribution in [0.2, 0.25) is 0 Å². The summed E-state index contributed by atoms with van der Waals surface area (Å²) in [6.07, 6.45) is 2.05. The van der Waals surface area contributed by atoms with Crippen LogP contribution in [0, 0.1) is 11.8 Å². The second kappa shape index (κ2) is 5.36. The Kier molecular flexibility index (Phi) is 4.05. The lowest BCUT2D eigenvalue weighted by Gasteiger charge is -2.32. The van der Waals surface area contributed by atoms with Crippen LogP contribution in [0.25, 0.3) is 0 Å². The number of likely N-dealkylation sites (tertiary alicyclic amines) is 1. The van der Waals surface area contributed by atoms with Crippen molar-refractivity contribution in [3.05, 3.63) is 0 Å². The Labute approximate surface area is 103 Å². The Morgan fingerprint density at radius 3 is 2.59 bits per heavy atom. The standard InChI is InChI=1S/C13H23NO3/c1-9(2)12-7-11(15)8-14(12)13(16)10-3-5-17-6-4-10/h9-12,15H,3-8H2,1-2H3/t11-,12+/m0/s1. The van der Waals surface area contributed by atoms with Gasteiger partial charge in [-0.25, -0.2) is 0 Å². The molecular formula is C13H23NO3. The number of carbonyl (C=O) groups is 1. The van der Waals surface area contributed by atoms with Crippen LogP contribution in [0.1, 0.15) is 33.1 Å². The van der Waals surface area contributed by atoms with Gasteiger partial charge in [-0.2, -0.15) is 0 Å². The van der Waals surface area contributed by atoms with Gasteiger partial charge in [0.25, 0.3) is 0 Å². The molecule has 2 saturated heterocycles. The summed E-state index contributed by atoms with van der Waals surface area (Å²) in [5, 5.41) is 9.75. The van der Waals surface area contributed by atoms with E-state index in [4.69, 9.17) is 4.74 Å². The molecule has 0 aromatic heterocycles. The van der Waals surface area contributed by atoms with E-state index in [-0.39, 0.29) is 24.0 Å². The minimum absolute atomic E-state index is 0.107. The zero-order chi connectivity index (χ0) is 12.4. The molecule has 0 aliphatic carbocycles. The van der Waals surface area contributed by atoms with Crippen LogP contribution < -0.4 is 0 Å². The maximum absolute atomic E-state index is 12.4. The van der Waals surface area contributed by atoms with Crippen molar-refractivity contribution in [2.45, 2.75) is 45.3 Å². The molecule has 0 saturated carbocycles. The first-order valence-electron chi connectivity index (χ1n) is 6.66. The van der Waals surface area contributed by atoms with Gasteiger partial charge in [-0.3, -0.25) is 4.79 Å². The third kappa shape index (κ3) is 2.80. The number of hydrogen-bond donors (Lipinski definition) is 1. The van der Waals surface area contributed by atoms with Crippen LogP contribution in [0.3, 0.4) is 0 Å². The second-order valence-corrected chi connectivity index (χ2v) is 5.58. The third-order valence-electron chi connectivity index (χ3n) is 3.94. The predicted octanol–water partition coefficient (Wildman–Crippen LogP) is 1.03. The number of aliphatic hydroxyl groups excluding tert-OH is 1. The maximum atomic E-state index is 12.4. The molecule has 2 rings (SSSR count). The summed E-state index contributed by atoms with van der Waals surface area (Å²) in [5.41, 5.74) is 0. The Bertz CT molecular complexity index is 274. The van der Waals surface area contributed by atoms with Crippen molar-refractivity contribution >= 4 is 5.91 Å². The molecule has 0 aromatic rings. The lowest BCUT2D eigenvalue weighted by atomic mass is 9.96. The SMILES string of the molecule is CC(C)[C@H]1C[C@H](O)CN1C(=O)C1CCOCC1. The molecule has 2 atom stereocenters. The zero-order valence-corrected chi connectivity index (χ0v) is 10.8. The van der Waals surface area contributed by atoms with Crippen molar-refractivity contribution in [3.8, 4) is 0 Å². The summed E-state index contributed by atoms with van der Waals surface area (Å²) in [6, 6.07) is 0.209. The Morgan fingerprint density at radius 2 is 2.00 bits per heavy atom. The van der Waals surface area contributed by atoms with Crippen LogP contribution >= 0.6 is 0 Å². The number of nitrogens with zero attached hydrogens (tertiary/aromatic N) is 1. The highest BCUT2D eigenvalue weighted by molar-refractivity contribution is 5.79. The van der Waals surface area contributed by atoms with Crippen molar-refractivity contribution < 1.29 is 14.6 Å². The van der Waals surface area contributed by atoms with Gasteiger partial charge < -0.3 is 14.7 Å². The van der Waals surface area contributed by atoms with Gasteiger partial charge in [0.15, 0.2) is 0 Å². The number of ether oxygens (including phenoxy) is 1. The smallest absolute Gasteiger partial charge is 0.226 e. The normalized spacial score (nSPS) is 31.2. The first-order valence-corrected chi connectivity index (χ1v) is 6.66. The molecule has 0 spiro atoms. The molecule has 4 nitrogen and oxygen atoms in total. The minimum atomic E-state index is -0.341. The highest BCUT2D eigenvalue weighted by Gasteiger charge is 2.38. The molecule has 0 unspecified atom stereocenters. The van der Waals surface area contributed by atoms with E-state index in [1.165, 1.54) is 0 Å². The molecule has 4 heteroatoms. The van der Waals surface area contributed by atoms with E-state index in [0.29, 0.717) is 25.7 Å². The lowest BCUT2D eigenvalue weighted by Crippen LogP contribution is -2.43. The van der Waals surface area contributed by atoms with E-state index in [9.17, 15) is 9.90 Å². The van der Waals surface area contributed by atoms with Crippen LogP contribution in [0.5, 0.6) is 0 Å². The third-order valence-corrected chi connectivity index (χ3v) is 3.94. The Morgan fingerprint density at radius 1 is 1.35 bits per heavy atom. The van der Waals surface area contributed by atoms with Gasteiger partial charge in [0, 0.05) is 31.7 Å². The second-order valence-electron chi connectivity index (χ2n) is 5.58. The van der Waals surface area contributed by atoms with Crippen molar-refractivity contribution in [1.82, 2.24) is 4.90 Å². The molecule has 1 N–H and O–H groups in total. The van der Waals surface area contributed by atoms with Gasteiger partial charge in [0.1, 0.15) is 0 Å². The van der Waals surface area contributed by atoms with Gasteiger partial charge in [-0.05, 0) is 25.2 Å². The van der Waals surface area contributed by atoms with E-state index in [0.717, 1.165) is 19.3 Å². The van der Waals surface area contributed by atoms with Crippen molar-refractivity contribution in [3.63, 3.8) is 0 Å². The van der Waals surface area contributed by atoms with E-state index in [2.05, 4.69) is 13.8 Å². The monoisotopic (exact) mass is 241 g/mol. The van der Waals surface area contributed by atoms with Crippen LogP contribution in [-0.4, -0.2) is 47.8 Å². The van der Waals surface area contributed by atoms with Gasteiger partial charge in [-0.1, -0.05) is 13.8 Å². The molecule has 0 aromatic carbocycles. The zero-order valence-electron chi connectivity index (χ0n) is 10.8. The summed E-state index contributed by atoms with van der Waals surface area (Å²) in [5.74, 6) is 0.745. The fraction of sp³-hybridized carbons (Fsp3) is 0.923. The van der Waals surface area contributed by atoms with Gasteiger partial charge in [0.2, 0.25) is 5.91 Å². The van der Waals surface area contributed by atoms with Gasteiger partial charge in [0.05, 0.1) is 6.10 Å². The van der Waals surface area contributed by atoms with E-state index in [1.54, 1.807) is 0 Å². The molecule has 1 amide bonds. The van der Waals surface area contributed by atoms with E-state index < -0.39 is 0 Å². The molecule has 2 aliphatic rings. The van der Waals surface area contributed by atoms with E-state index in [1.807, 2.05) is 4.90 Å². The average Bonchev–Trinajstić information content (AvgIpc) is 2.72.